The molecule has 2 heterocycles. The van der Waals surface area contributed by atoms with Gasteiger partial charge in [0.1, 0.15) is 18.1 Å². The van der Waals surface area contributed by atoms with Crippen molar-refractivity contribution in [3.8, 4) is 11.5 Å². The molecule has 0 aliphatic carbocycles. The number of urea groups is 1. The molecular weight excluding hydrogens is 386 g/mol. The van der Waals surface area contributed by atoms with Crippen LogP contribution in [0.3, 0.4) is 0 Å². The minimum Gasteiger partial charge on any atom is -0.497 e. The lowest BCUT2D eigenvalue weighted by Crippen LogP contribution is -2.34. The van der Waals surface area contributed by atoms with E-state index in [2.05, 4.69) is 10.3 Å². The molecule has 0 bridgehead atoms. The number of aromatic nitrogens is 1. The fourth-order valence-electron chi connectivity index (χ4n) is 3.53. The maximum atomic E-state index is 12.9. The van der Waals surface area contributed by atoms with Crippen LogP contribution < -0.4 is 14.8 Å². The summed E-state index contributed by atoms with van der Waals surface area (Å²) in [4.78, 5) is 19.0. The second-order valence-electron chi connectivity index (χ2n) is 6.85. The predicted octanol–water partition coefficient (Wildman–Crippen LogP) is 5.10. The molecule has 0 radical (unpaired) electrons. The summed E-state index contributed by atoms with van der Waals surface area (Å²) in [6.07, 6.45) is 1.92. The fraction of sp³-hybridized carbons (Fsp3) is 0.273. The molecule has 7 heteroatoms. The molecule has 2 aromatic carbocycles. The summed E-state index contributed by atoms with van der Waals surface area (Å²) in [5, 5.41) is 4.96. The Labute approximate surface area is 174 Å². The molecule has 1 aromatic heterocycles. The van der Waals surface area contributed by atoms with Crippen molar-refractivity contribution in [2.24, 2.45) is 0 Å². The first kappa shape index (κ1) is 19.3. The molecule has 1 aliphatic heterocycles. The Morgan fingerprint density at radius 3 is 2.93 bits per heavy atom. The van der Waals surface area contributed by atoms with Gasteiger partial charge in [-0.25, -0.2) is 9.78 Å². The Morgan fingerprint density at radius 1 is 1.24 bits per heavy atom. The number of methoxy groups -OCH3 is 1. The second-order valence-corrected chi connectivity index (χ2v) is 7.57. The van der Waals surface area contributed by atoms with Crippen molar-refractivity contribution in [1.29, 1.82) is 0 Å². The Bertz CT molecular complexity index is 961. The number of carbonyl (C=O) groups is 1. The van der Waals surface area contributed by atoms with Gasteiger partial charge >= 0.3 is 6.03 Å². The van der Waals surface area contributed by atoms with E-state index in [1.54, 1.807) is 12.6 Å². The number of amides is 2. The van der Waals surface area contributed by atoms with E-state index >= 15 is 0 Å². The van der Waals surface area contributed by atoms with E-state index in [1.165, 1.54) is 11.3 Å². The number of ether oxygens (including phenoxy) is 2. The van der Waals surface area contributed by atoms with E-state index in [4.69, 9.17) is 9.47 Å². The van der Waals surface area contributed by atoms with Gasteiger partial charge in [0.15, 0.2) is 0 Å². The Balaban J connectivity index is 1.42. The van der Waals surface area contributed by atoms with Crippen LogP contribution in [0.5, 0.6) is 11.5 Å². The Hall–Kier alpha value is -3.06. The molecule has 1 fully saturated rings. The minimum absolute atomic E-state index is 0.0502. The first-order valence-electron chi connectivity index (χ1n) is 9.54. The average molecular weight is 410 g/mol. The number of nitrogens with one attached hydrogen (secondary N) is 1. The van der Waals surface area contributed by atoms with Crippen molar-refractivity contribution < 1.29 is 14.3 Å². The van der Waals surface area contributed by atoms with Gasteiger partial charge in [0.25, 0.3) is 0 Å². The monoisotopic (exact) mass is 409 g/mol. The van der Waals surface area contributed by atoms with Crippen molar-refractivity contribution >= 4 is 23.1 Å². The van der Waals surface area contributed by atoms with Crippen molar-refractivity contribution in [2.45, 2.75) is 25.5 Å². The van der Waals surface area contributed by atoms with E-state index in [0.29, 0.717) is 18.0 Å². The molecule has 3 aromatic rings. The summed E-state index contributed by atoms with van der Waals surface area (Å²) in [5.41, 5.74) is 4.48. The molecule has 0 spiro atoms. The highest BCUT2D eigenvalue weighted by atomic mass is 32.1. The fourth-order valence-corrected chi connectivity index (χ4v) is 4.07. The largest absolute Gasteiger partial charge is 0.497 e. The molecule has 150 valence electrons. The number of carbonyl (C=O) groups excluding carboxylic acids is 1. The quantitative estimate of drug-likeness (QED) is 0.615. The summed E-state index contributed by atoms with van der Waals surface area (Å²) in [5.74, 6) is 1.50. The molecule has 0 saturated carbocycles. The molecule has 1 aliphatic rings. The van der Waals surface area contributed by atoms with Crippen LogP contribution in [0.25, 0.3) is 0 Å². The third-order valence-corrected chi connectivity index (χ3v) is 5.58. The number of nitrogens with zero attached hydrogens (tertiary/aromatic N) is 2. The number of benzene rings is 2. The summed E-state index contributed by atoms with van der Waals surface area (Å²) in [6.45, 7) is 1.14. The highest BCUT2D eigenvalue weighted by Crippen LogP contribution is 2.34. The lowest BCUT2D eigenvalue weighted by atomic mass is 10.0. The molecule has 1 saturated heterocycles. The molecule has 4 rings (SSSR count). The van der Waals surface area contributed by atoms with Gasteiger partial charge in [0, 0.05) is 23.7 Å². The van der Waals surface area contributed by atoms with Gasteiger partial charge in [-0.05, 0) is 42.7 Å². The van der Waals surface area contributed by atoms with E-state index in [9.17, 15) is 4.79 Å². The predicted molar refractivity (Wildman–Crippen MR) is 114 cm³/mol. The van der Waals surface area contributed by atoms with Gasteiger partial charge in [-0.1, -0.05) is 18.2 Å². The van der Waals surface area contributed by atoms with Crippen molar-refractivity contribution in [3.63, 3.8) is 0 Å². The van der Waals surface area contributed by atoms with Gasteiger partial charge in [0.05, 0.1) is 24.4 Å². The summed E-state index contributed by atoms with van der Waals surface area (Å²) in [6, 6.07) is 15.3. The minimum atomic E-state index is -0.105. The van der Waals surface area contributed by atoms with Crippen LogP contribution >= 0.6 is 11.3 Å². The molecular formula is C22H23N3O3S. The van der Waals surface area contributed by atoms with Crippen LogP contribution in [-0.2, 0) is 6.61 Å². The Kier molecular flexibility index (Phi) is 5.95. The second kappa shape index (κ2) is 8.96. The number of thiazole rings is 1. The van der Waals surface area contributed by atoms with E-state index in [0.717, 1.165) is 36.4 Å². The lowest BCUT2D eigenvalue weighted by molar-refractivity contribution is 0.207. The molecule has 29 heavy (non-hydrogen) atoms. The number of rotatable bonds is 6. The third-order valence-electron chi connectivity index (χ3n) is 4.95. The molecule has 2 amide bonds. The summed E-state index contributed by atoms with van der Waals surface area (Å²) < 4.78 is 11.1. The van der Waals surface area contributed by atoms with Gasteiger partial charge in [-0.2, -0.15) is 0 Å². The SMILES string of the molecule is COc1cccc(C2CCCN2C(=O)Nc2cccc(OCc3cscn3)c2)c1. The average Bonchev–Trinajstić information content (AvgIpc) is 3.44. The highest BCUT2D eigenvalue weighted by Gasteiger charge is 2.30. The van der Waals surface area contributed by atoms with E-state index < -0.39 is 0 Å². The molecule has 1 unspecified atom stereocenters. The topological polar surface area (TPSA) is 63.7 Å². The van der Waals surface area contributed by atoms with Crippen LogP contribution in [0.2, 0.25) is 0 Å². The highest BCUT2D eigenvalue weighted by molar-refractivity contribution is 7.07. The summed E-state index contributed by atoms with van der Waals surface area (Å²) >= 11 is 1.54. The number of hydrogen-bond donors (Lipinski definition) is 1. The van der Waals surface area contributed by atoms with Crippen molar-refractivity contribution in [1.82, 2.24) is 9.88 Å². The molecule has 6 nitrogen and oxygen atoms in total. The zero-order valence-corrected chi connectivity index (χ0v) is 17.0. The Morgan fingerprint density at radius 2 is 2.10 bits per heavy atom. The first-order chi connectivity index (χ1) is 14.2. The van der Waals surface area contributed by atoms with Gasteiger partial charge in [-0.3, -0.25) is 0 Å². The van der Waals surface area contributed by atoms with E-state index in [1.807, 2.05) is 58.8 Å². The van der Waals surface area contributed by atoms with Crippen LogP contribution in [0.4, 0.5) is 10.5 Å². The van der Waals surface area contributed by atoms with Gasteiger partial charge < -0.3 is 19.7 Å². The van der Waals surface area contributed by atoms with Crippen LogP contribution in [-0.4, -0.2) is 29.6 Å². The molecule has 1 atom stereocenters. The first-order valence-corrected chi connectivity index (χ1v) is 10.5. The van der Waals surface area contributed by atoms with Gasteiger partial charge in [0.2, 0.25) is 0 Å². The lowest BCUT2D eigenvalue weighted by Gasteiger charge is -2.25. The van der Waals surface area contributed by atoms with Crippen molar-refractivity contribution in [3.05, 3.63) is 70.7 Å². The molecule has 1 N–H and O–H groups in total. The number of likely N-dealkylation sites (tertiary alicyclic amines) is 1. The maximum Gasteiger partial charge on any atom is 0.322 e. The number of hydrogen-bond acceptors (Lipinski definition) is 5. The van der Waals surface area contributed by atoms with Crippen LogP contribution in [0, 0.1) is 0 Å². The van der Waals surface area contributed by atoms with E-state index in [-0.39, 0.29) is 12.1 Å². The number of anilines is 1. The zero-order chi connectivity index (χ0) is 20.1. The zero-order valence-electron chi connectivity index (χ0n) is 16.2. The van der Waals surface area contributed by atoms with Crippen molar-refractivity contribution in [2.75, 3.05) is 19.0 Å². The third kappa shape index (κ3) is 4.68. The van der Waals surface area contributed by atoms with Crippen LogP contribution in [0.15, 0.2) is 59.4 Å². The summed E-state index contributed by atoms with van der Waals surface area (Å²) in [7, 11) is 1.65. The van der Waals surface area contributed by atoms with Gasteiger partial charge in [-0.15, -0.1) is 11.3 Å². The van der Waals surface area contributed by atoms with Crippen LogP contribution in [0.1, 0.15) is 30.1 Å². The maximum absolute atomic E-state index is 12.9. The normalized spacial score (nSPS) is 15.9. The smallest absolute Gasteiger partial charge is 0.322 e. The standard InChI is InChI=1S/C22H23N3O3S/c1-27-19-7-2-5-16(11-19)21-9-4-10-25(21)22(26)24-17-6-3-8-20(12-17)28-13-18-14-29-15-23-18/h2-3,5-8,11-12,14-15,21H,4,9-10,13H2,1H3,(H,24,26).